The van der Waals surface area contributed by atoms with E-state index in [2.05, 4.69) is 56.0 Å². The molecule has 0 spiro atoms. The van der Waals surface area contributed by atoms with Crippen molar-refractivity contribution in [2.24, 2.45) is 0 Å². The second kappa shape index (κ2) is 5.40. The van der Waals surface area contributed by atoms with Gasteiger partial charge in [-0.3, -0.25) is 4.90 Å². The number of hydrogen-bond donors (Lipinski definition) is 1. The van der Waals surface area contributed by atoms with Crippen LogP contribution >= 0.6 is 0 Å². The third-order valence-electron chi connectivity index (χ3n) is 3.52. The van der Waals surface area contributed by atoms with Crippen LogP contribution in [0.4, 0.5) is 5.69 Å². The van der Waals surface area contributed by atoms with Crippen LogP contribution in [-0.2, 0) is 6.54 Å². The zero-order valence-electron chi connectivity index (χ0n) is 11.5. The van der Waals surface area contributed by atoms with Crippen molar-refractivity contribution in [1.82, 2.24) is 4.90 Å². The summed E-state index contributed by atoms with van der Waals surface area (Å²) in [7, 11) is 0. The Morgan fingerprint density at radius 2 is 1.72 bits per heavy atom. The normalized spacial score (nSPS) is 11.6. The predicted octanol–water partition coefficient (Wildman–Crippen LogP) is 3.65. The highest BCUT2D eigenvalue weighted by Crippen LogP contribution is 2.23. The van der Waals surface area contributed by atoms with Gasteiger partial charge >= 0.3 is 0 Å². The van der Waals surface area contributed by atoms with Gasteiger partial charge in [0.05, 0.1) is 0 Å². The molecule has 0 radical (unpaired) electrons. The van der Waals surface area contributed by atoms with Crippen molar-refractivity contribution in [3.63, 3.8) is 0 Å². The number of fused-ring (bicyclic) bond motifs is 1. The van der Waals surface area contributed by atoms with E-state index in [0.717, 1.165) is 18.8 Å². The zero-order valence-corrected chi connectivity index (χ0v) is 11.5. The lowest BCUT2D eigenvalue weighted by Crippen LogP contribution is -2.30. The summed E-state index contributed by atoms with van der Waals surface area (Å²) in [6, 6.07) is 13.2. The van der Waals surface area contributed by atoms with Gasteiger partial charge in [0.25, 0.3) is 0 Å². The largest absolute Gasteiger partial charge is 0.398 e. The Morgan fingerprint density at radius 3 is 2.28 bits per heavy atom. The van der Waals surface area contributed by atoms with Crippen molar-refractivity contribution in [1.29, 1.82) is 0 Å². The van der Waals surface area contributed by atoms with E-state index < -0.39 is 0 Å². The number of rotatable bonds is 4. The Kier molecular flexibility index (Phi) is 3.87. The molecule has 0 aromatic heterocycles. The van der Waals surface area contributed by atoms with E-state index in [1.807, 2.05) is 6.07 Å². The van der Waals surface area contributed by atoms with Crippen LogP contribution in [0, 0.1) is 0 Å². The maximum atomic E-state index is 6.16. The van der Waals surface area contributed by atoms with Gasteiger partial charge in [0.1, 0.15) is 0 Å². The highest BCUT2D eigenvalue weighted by atomic mass is 15.1. The lowest BCUT2D eigenvalue weighted by Gasteiger charge is -2.25. The third kappa shape index (κ3) is 2.65. The molecule has 0 unspecified atom stereocenters. The molecule has 0 aliphatic heterocycles. The van der Waals surface area contributed by atoms with E-state index in [1.165, 1.54) is 16.3 Å². The van der Waals surface area contributed by atoms with Crippen molar-refractivity contribution >= 4 is 16.5 Å². The molecule has 2 heteroatoms. The number of hydrogen-bond acceptors (Lipinski definition) is 2. The summed E-state index contributed by atoms with van der Waals surface area (Å²) in [6.45, 7) is 8.60. The summed E-state index contributed by atoms with van der Waals surface area (Å²) in [5.74, 6) is 0. The first kappa shape index (κ1) is 12.9. The third-order valence-corrected chi connectivity index (χ3v) is 3.52. The fourth-order valence-electron chi connectivity index (χ4n) is 2.32. The first-order valence-electron chi connectivity index (χ1n) is 6.63. The number of nitrogen functional groups attached to an aromatic ring is 1. The second-order valence-corrected chi connectivity index (χ2v) is 5.06. The minimum atomic E-state index is 0.542. The van der Waals surface area contributed by atoms with Crippen LogP contribution in [0.2, 0.25) is 0 Å². The first-order chi connectivity index (χ1) is 8.61. The number of benzene rings is 2. The zero-order chi connectivity index (χ0) is 13.1. The molecule has 2 aromatic carbocycles. The monoisotopic (exact) mass is 242 g/mol. The summed E-state index contributed by atoms with van der Waals surface area (Å²) >= 11 is 0. The highest BCUT2D eigenvalue weighted by molar-refractivity contribution is 5.86. The van der Waals surface area contributed by atoms with E-state index in [-0.39, 0.29) is 0 Å². The average molecular weight is 242 g/mol. The van der Waals surface area contributed by atoms with Gasteiger partial charge in [-0.2, -0.15) is 0 Å². The molecule has 2 rings (SSSR count). The molecule has 2 nitrogen and oxygen atoms in total. The molecule has 2 N–H and O–H groups in total. The lowest BCUT2D eigenvalue weighted by atomic mass is 10.0. The summed E-state index contributed by atoms with van der Waals surface area (Å²) in [5, 5.41) is 2.48. The van der Waals surface area contributed by atoms with Gasteiger partial charge in [-0.15, -0.1) is 0 Å². The molecular weight excluding hydrogens is 220 g/mol. The van der Waals surface area contributed by atoms with E-state index in [1.54, 1.807) is 0 Å². The molecule has 0 aliphatic carbocycles. The smallest absolute Gasteiger partial charge is 0.0366 e. The van der Waals surface area contributed by atoms with Gasteiger partial charge in [-0.25, -0.2) is 0 Å². The van der Waals surface area contributed by atoms with Gasteiger partial charge in [0.2, 0.25) is 0 Å². The van der Waals surface area contributed by atoms with Gasteiger partial charge in [-0.05, 0) is 48.9 Å². The Bertz CT molecular complexity index is 532. The molecule has 96 valence electrons. The van der Waals surface area contributed by atoms with Crippen LogP contribution < -0.4 is 5.73 Å². The fraction of sp³-hybridized carbons (Fsp3) is 0.375. The van der Waals surface area contributed by atoms with E-state index in [4.69, 9.17) is 5.73 Å². The van der Waals surface area contributed by atoms with Crippen LogP contribution in [0.3, 0.4) is 0 Å². The summed E-state index contributed by atoms with van der Waals surface area (Å²) in [6.07, 6.45) is 0. The summed E-state index contributed by atoms with van der Waals surface area (Å²) in [5.41, 5.74) is 8.29. The van der Waals surface area contributed by atoms with Crippen molar-refractivity contribution in [2.45, 2.75) is 33.4 Å². The SMILES string of the molecule is CCN(Cc1cc2ccccc2cc1N)C(C)C. The maximum absolute atomic E-state index is 6.16. The highest BCUT2D eigenvalue weighted by Gasteiger charge is 2.10. The van der Waals surface area contributed by atoms with Crippen molar-refractivity contribution in [2.75, 3.05) is 12.3 Å². The van der Waals surface area contributed by atoms with Crippen LogP contribution in [0.1, 0.15) is 26.3 Å². The van der Waals surface area contributed by atoms with Gasteiger partial charge in [0, 0.05) is 18.3 Å². The Morgan fingerprint density at radius 1 is 1.11 bits per heavy atom. The molecule has 0 atom stereocenters. The Hall–Kier alpha value is -1.54. The molecular formula is C16H22N2. The van der Waals surface area contributed by atoms with Crippen molar-refractivity contribution < 1.29 is 0 Å². The summed E-state index contributed by atoms with van der Waals surface area (Å²) < 4.78 is 0. The number of nitrogens with zero attached hydrogens (tertiary/aromatic N) is 1. The molecule has 0 bridgehead atoms. The minimum absolute atomic E-state index is 0.542. The van der Waals surface area contributed by atoms with Crippen LogP contribution in [0.5, 0.6) is 0 Å². The second-order valence-electron chi connectivity index (χ2n) is 5.06. The fourth-order valence-corrected chi connectivity index (χ4v) is 2.32. The maximum Gasteiger partial charge on any atom is 0.0366 e. The van der Waals surface area contributed by atoms with E-state index >= 15 is 0 Å². The molecule has 2 aromatic rings. The quantitative estimate of drug-likeness (QED) is 0.829. The van der Waals surface area contributed by atoms with Crippen molar-refractivity contribution in [3.8, 4) is 0 Å². The van der Waals surface area contributed by atoms with Crippen molar-refractivity contribution in [3.05, 3.63) is 42.0 Å². The molecule has 0 heterocycles. The van der Waals surface area contributed by atoms with E-state index in [0.29, 0.717) is 6.04 Å². The molecule has 0 aliphatic rings. The summed E-state index contributed by atoms with van der Waals surface area (Å²) in [4.78, 5) is 2.42. The number of nitrogens with two attached hydrogens (primary N) is 1. The van der Waals surface area contributed by atoms with Gasteiger partial charge < -0.3 is 5.73 Å². The standard InChI is InChI=1S/C16H22N2/c1-4-18(12(2)3)11-15-9-13-7-5-6-8-14(13)10-16(15)17/h5-10,12H,4,11,17H2,1-3H3. The lowest BCUT2D eigenvalue weighted by molar-refractivity contribution is 0.225. The molecule has 0 amide bonds. The molecule has 18 heavy (non-hydrogen) atoms. The van der Waals surface area contributed by atoms with Crippen LogP contribution in [-0.4, -0.2) is 17.5 Å². The van der Waals surface area contributed by atoms with Gasteiger partial charge in [0.15, 0.2) is 0 Å². The average Bonchev–Trinajstić information content (AvgIpc) is 2.35. The molecule has 0 fully saturated rings. The topological polar surface area (TPSA) is 29.3 Å². The van der Waals surface area contributed by atoms with Crippen LogP contribution in [0.25, 0.3) is 10.8 Å². The first-order valence-corrected chi connectivity index (χ1v) is 6.63. The Labute approximate surface area is 109 Å². The van der Waals surface area contributed by atoms with E-state index in [9.17, 15) is 0 Å². The molecule has 0 saturated carbocycles. The molecule has 0 saturated heterocycles. The Balaban J connectivity index is 2.35. The minimum Gasteiger partial charge on any atom is -0.398 e. The number of anilines is 1. The van der Waals surface area contributed by atoms with Gasteiger partial charge in [-0.1, -0.05) is 31.2 Å². The predicted molar refractivity (Wildman–Crippen MR) is 79.6 cm³/mol. The van der Waals surface area contributed by atoms with Crippen LogP contribution in [0.15, 0.2) is 36.4 Å².